The maximum Gasteiger partial charge on any atom is 0.414 e. The van der Waals surface area contributed by atoms with Crippen LogP contribution >= 0.6 is 0 Å². The fraction of sp³-hybridized carbons (Fsp3) is 0.857. The van der Waals surface area contributed by atoms with Crippen molar-refractivity contribution in [1.82, 2.24) is 0 Å². The Bertz CT molecular complexity index is 157. The van der Waals surface area contributed by atoms with Crippen LogP contribution in [0.5, 0.6) is 0 Å². The maximum atomic E-state index is 11.5. The van der Waals surface area contributed by atoms with Gasteiger partial charge in [0, 0.05) is 6.92 Å². The van der Waals surface area contributed by atoms with Crippen LogP contribution in [0.25, 0.3) is 0 Å². The summed E-state index contributed by atoms with van der Waals surface area (Å²) in [7, 11) is 0. The highest BCUT2D eigenvalue weighted by Gasteiger charge is 2.37. The van der Waals surface area contributed by atoms with E-state index in [2.05, 4.69) is 0 Å². The summed E-state index contributed by atoms with van der Waals surface area (Å²) in [5.74, 6) is -0.833. The first kappa shape index (κ1) is 15.6. The van der Waals surface area contributed by atoms with Gasteiger partial charge in [-0.3, -0.25) is 4.79 Å². The van der Waals surface area contributed by atoms with Gasteiger partial charge in [0.05, 0.1) is 0 Å². The summed E-state index contributed by atoms with van der Waals surface area (Å²) in [5.41, 5.74) is 4.94. The molecule has 0 radical (unpaired) electrons. The second-order valence-electron chi connectivity index (χ2n) is 2.51. The van der Waals surface area contributed by atoms with Crippen LogP contribution in [0.1, 0.15) is 19.8 Å². The summed E-state index contributed by atoms with van der Waals surface area (Å²) in [6, 6.07) is 0. The van der Waals surface area contributed by atoms with Crippen LogP contribution in [-0.2, 0) is 4.79 Å². The number of aliphatic hydroxyl groups excluding tert-OH is 1. The number of alkyl halides is 3. The minimum absolute atomic E-state index is 0.174. The van der Waals surface area contributed by atoms with Crippen LogP contribution in [0.3, 0.4) is 0 Å². The second-order valence-corrected chi connectivity index (χ2v) is 2.51. The molecule has 0 aromatic carbocycles. The van der Waals surface area contributed by atoms with Crippen molar-refractivity contribution in [2.24, 2.45) is 5.73 Å². The van der Waals surface area contributed by atoms with Crippen LogP contribution in [0, 0.1) is 0 Å². The van der Waals surface area contributed by atoms with Crippen LogP contribution in [-0.4, -0.2) is 35.0 Å². The molecular formula is C7H14F3NO3. The molecule has 0 aliphatic heterocycles. The normalized spacial score (nSPS) is 12.7. The first-order chi connectivity index (χ1) is 6.21. The molecular weight excluding hydrogens is 203 g/mol. The van der Waals surface area contributed by atoms with Gasteiger partial charge in [-0.25, -0.2) is 0 Å². The number of aliphatic carboxylic acids is 1. The molecule has 0 fully saturated rings. The van der Waals surface area contributed by atoms with Crippen molar-refractivity contribution in [3.8, 4) is 0 Å². The number of carboxylic acids is 1. The lowest BCUT2D eigenvalue weighted by molar-refractivity contribution is -0.205. The molecule has 7 heteroatoms. The van der Waals surface area contributed by atoms with Gasteiger partial charge >= 0.3 is 6.18 Å². The molecule has 0 bridgehead atoms. The van der Waals surface area contributed by atoms with Crippen molar-refractivity contribution >= 4 is 5.97 Å². The third kappa shape index (κ3) is 13.7. The average molecular weight is 217 g/mol. The lowest BCUT2D eigenvalue weighted by atomic mass is 10.2. The van der Waals surface area contributed by atoms with Gasteiger partial charge in [-0.05, 0) is 19.4 Å². The van der Waals surface area contributed by atoms with E-state index < -0.39 is 18.2 Å². The Morgan fingerprint density at radius 2 is 1.86 bits per heavy atom. The lowest BCUT2D eigenvalue weighted by Gasteiger charge is -2.12. The topological polar surface area (TPSA) is 83.5 Å². The summed E-state index contributed by atoms with van der Waals surface area (Å²) >= 11 is 0. The molecule has 1 atom stereocenters. The molecule has 4 N–H and O–H groups in total. The van der Waals surface area contributed by atoms with Crippen LogP contribution in [0.15, 0.2) is 0 Å². The van der Waals surface area contributed by atoms with Crippen LogP contribution < -0.4 is 5.73 Å². The summed E-state index contributed by atoms with van der Waals surface area (Å²) in [5, 5.41) is 15.8. The third-order valence-corrected chi connectivity index (χ3v) is 1.06. The minimum Gasteiger partial charge on any atom is -0.481 e. The van der Waals surface area contributed by atoms with E-state index in [1.54, 1.807) is 0 Å². The molecule has 0 aromatic heterocycles. The predicted octanol–water partition coefficient (Wildman–Crippen LogP) is 0.739. The van der Waals surface area contributed by atoms with Crippen molar-refractivity contribution in [1.29, 1.82) is 0 Å². The Morgan fingerprint density at radius 1 is 1.50 bits per heavy atom. The number of hydrogen-bond acceptors (Lipinski definition) is 3. The van der Waals surface area contributed by atoms with E-state index >= 15 is 0 Å². The molecule has 1 unspecified atom stereocenters. The fourth-order valence-corrected chi connectivity index (χ4v) is 0.475. The molecule has 0 spiro atoms. The molecule has 0 saturated carbocycles. The molecule has 14 heavy (non-hydrogen) atoms. The average Bonchev–Trinajstić information content (AvgIpc) is 1.97. The summed E-state index contributed by atoms with van der Waals surface area (Å²) in [6.07, 6.45) is -6.81. The zero-order valence-corrected chi connectivity index (χ0v) is 7.71. The number of rotatable bonds is 3. The standard InChI is InChI=1S/C5H10F3NO.C2H4O2/c6-5(7,8)4(10)2-1-3-9;1-2(3)4/h4,10H,1-3,9H2;1H3,(H,3,4). The number of nitrogens with two attached hydrogens (primary N) is 1. The first-order valence-electron chi connectivity index (χ1n) is 3.86. The number of aliphatic hydroxyl groups is 1. The number of hydrogen-bond donors (Lipinski definition) is 3. The zero-order chi connectivity index (χ0) is 11.8. The van der Waals surface area contributed by atoms with E-state index in [1.807, 2.05) is 0 Å². The van der Waals surface area contributed by atoms with Gasteiger partial charge in [0.2, 0.25) is 0 Å². The quantitative estimate of drug-likeness (QED) is 0.651. The fourth-order valence-electron chi connectivity index (χ4n) is 0.475. The highest BCUT2D eigenvalue weighted by Crippen LogP contribution is 2.22. The van der Waals surface area contributed by atoms with E-state index in [9.17, 15) is 13.2 Å². The van der Waals surface area contributed by atoms with E-state index in [4.69, 9.17) is 20.7 Å². The van der Waals surface area contributed by atoms with Gasteiger partial charge in [0.1, 0.15) is 6.10 Å². The molecule has 0 aliphatic rings. The van der Waals surface area contributed by atoms with Gasteiger partial charge in [-0.1, -0.05) is 0 Å². The van der Waals surface area contributed by atoms with Gasteiger partial charge in [-0.15, -0.1) is 0 Å². The Labute approximate surface area is 79.5 Å². The van der Waals surface area contributed by atoms with Crippen molar-refractivity contribution in [2.75, 3.05) is 6.54 Å². The number of carboxylic acid groups (broad SMARTS) is 1. The summed E-state index contributed by atoms with van der Waals surface area (Å²) < 4.78 is 34.4. The summed E-state index contributed by atoms with van der Waals surface area (Å²) in [4.78, 5) is 9.00. The van der Waals surface area contributed by atoms with Crippen molar-refractivity contribution in [3.63, 3.8) is 0 Å². The SMILES string of the molecule is CC(=O)O.NCCCC(O)C(F)(F)F. The monoisotopic (exact) mass is 217 g/mol. The Morgan fingerprint density at radius 3 is 2.07 bits per heavy atom. The van der Waals surface area contributed by atoms with Crippen molar-refractivity contribution in [3.05, 3.63) is 0 Å². The molecule has 0 heterocycles. The van der Waals surface area contributed by atoms with E-state index in [-0.39, 0.29) is 19.4 Å². The highest BCUT2D eigenvalue weighted by atomic mass is 19.4. The molecule has 86 valence electrons. The molecule has 0 aliphatic carbocycles. The molecule has 0 rings (SSSR count). The zero-order valence-electron chi connectivity index (χ0n) is 7.71. The van der Waals surface area contributed by atoms with Gasteiger partial charge in [0.25, 0.3) is 5.97 Å². The Hall–Kier alpha value is -0.820. The number of halogens is 3. The van der Waals surface area contributed by atoms with Gasteiger partial charge in [-0.2, -0.15) is 13.2 Å². The smallest absolute Gasteiger partial charge is 0.414 e. The van der Waals surface area contributed by atoms with Crippen molar-refractivity contribution in [2.45, 2.75) is 32.0 Å². The Kier molecular flexibility index (Phi) is 8.46. The molecule has 4 nitrogen and oxygen atoms in total. The summed E-state index contributed by atoms with van der Waals surface area (Å²) in [6.45, 7) is 1.26. The van der Waals surface area contributed by atoms with Crippen LogP contribution in [0.2, 0.25) is 0 Å². The maximum absolute atomic E-state index is 11.5. The first-order valence-corrected chi connectivity index (χ1v) is 3.86. The number of carbonyl (C=O) groups is 1. The molecule has 0 aromatic rings. The largest absolute Gasteiger partial charge is 0.481 e. The second kappa shape index (κ2) is 7.57. The predicted molar refractivity (Wildman–Crippen MR) is 43.7 cm³/mol. The third-order valence-electron chi connectivity index (χ3n) is 1.06. The molecule has 0 saturated heterocycles. The van der Waals surface area contributed by atoms with Crippen LogP contribution in [0.4, 0.5) is 13.2 Å². The van der Waals surface area contributed by atoms with E-state index in [1.165, 1.54) is 0 Å². The van der Waals surface area contributed by atoms with Crippen molar-refractivity contribution < 1.29 is 28.2 Å². The minimum atomic E-state index is -4.49. The highest BCUT2D eigenvalue weighted by molar-refractivity contribution is 5.62. The van der Waals surface area contributed by atoms with E-state index in [0.717, 1.165) is 6.92 Å². The van der Waals surface area contributed by atoms with Gasteiger partial charge in [0.15, 0.2) is 0 Å². The van der Waals surface area contributed by atoms with E-state index in [0.29, 0.717) is 0 Å². The lowest BCUT2D eigenvalue weighted by Crippen LogP contribution is -2.28. The molecule has 0 amide bonds. The van der Waals surface area contributed by atoms with Gasteiger partial charge < -0.3 is 15.9 Å². The Balaban J connectivity index is 0.